The maximum absolute atomic E-state index is 12.8. The van der Waals surface area contributed by atoms with Gasteiger partial charge in [0.25, 0.3) is 5.91 Å². The van der Waals surface area contributed by atoms with Crippen LogP contribution in [0.15, 0.2) is 23.6 Å². The molecular formula is C19H23N5OS. The second-order valence-corrected chi connectivity index (χ2v) is 8.80. The SMILES string of the molecule is CC(C)(C)c1csc(C2CCN(C(=O)c3ccc4n[nH]nc4c3)CC2)n1. The van der Waals surface area contributed by atoms with Crippen LogP contribution in [0.4, 0.5) is 0 Å². The van der Waals surface area contributed by atoms with Gasteiger partial charge >= 0.3 is 0 Å². The number of thiazole rings is 1. The molecule has 0 saturated carbocycles. The summed E-state index contributed by atoms with van der Waals surface area (Å²) in [5, 5.41) is 14.1. The minimum atomic E-state index is 0.0721. The molecule has 3 aromatic rings. The molecule has 0 radical (unpaired) electrons. The van der Waals surface area contributed by atoms with Crippen LogP contribution in [0, 0.1) is 0 Å². The van der Waals surface area contributed by atoms with Crippen molar-refractivity contribution in [2.24, 2.45) is 0 Å². The van der Waals surface area contributed by atoms with Gasteiger partial charge in [0.1, 0.15) is 11.0 Å². The highest BCUT2D eigenvalue weighted by molar-refractivity contribution is 7.09. The topological polar surface area (TPSA) is 74.8 Å². The molecule has 0 spiro atoms. The number of rotatable bonds is 2. The first-order valence-electron chi connectivity index (χ1n) is 8.97. The summed E-state index contributed by atoms with van der Waals surface area (Å²) in [7, 11) is 0. The predicted molar refractivity (Wildman–Crippen MR) is 103 cm³/mol. The Morgan fingerprint density at radius 1 is 1.19 bits per heavy atom. The number of nitrogens with one attached hydrogen (secondary N) is 1. The molecule has 1 saturated heterocycles. The van der Waals surface area contributed by atoms with Gasteiger partial charge in [0, 0.05) is 35.4 Å². The Bertz CT molecular complexity index is 931. The van der Waals surface area contributed by atoms with E-state index in [4.69, 9.17) is 4.98 Å². The second kappa shape index (κ2) is 6.46. The smallest absolute Gasteiger partial charge is 0.253 e. The van der Waals surface area contributed by atoms with Crippen LogP contribution in [0.25, 0.3) is 11.0 Å². The van der Waals surface area contributed by atoms with Crippen molar-refractivity contribution in [3.8, 4) is 0 Å². The van der Waals surface area contributed by atoms with Crippen molar-refractivity contribution in [2.45, 2.75) is 44.9 Å². The van der Waals surface area contributed by atoms with Crippen LogP contribution < -0.4 is 0 Å². The summed E-state index contributed by atoms with van der Waals surface area (Å²) in [4.78, 5) is 19.6. The van der Waals surface area contributed by atoms with Crippen LogP contribution in [0.2, 0.25) is 0 Å². The largest absolute Gasteiger partial charge is 0.339 e. The molecule has 0 bridgehead atoms. The zero-order valence-corrected chi connectivity index (χ0v) is 16.1. The van der Waals surface area contributed by atoms with Crippen molar-refractivity contribution in [2.75, 3.05) is 13.1 Å². The number of carbonyl (C=O) groups excluding carboxylic acids is 1. The van der Waals surface area contributed by atoms with E-state index in [1.165, 1.54) is 5.01 Å². The summed E-state index contributed by atoms with van der Waals surface area (Å²) >= 11 is 1.76. The Morgan fingerprint density at radius 3 is 2.62 bits per heavy atom. The van der Waals surface area contributed by atoms with Crippen molar-refractivity contribution >= 4 is 28.3 Å². The first-order valence-corrected chi connectivity index (χ1v) is 9.85. The lowest BCUT2D eigenvalue weighted by atomic mass is 9.93. The van der Waals surface area contributed by atoms with Gasteiger partial charge < -0.3 is 4.90 Å². The molecule has 136 valence electrons. The maximum atomic E-state index is 12.8. The van der Waals surface area contributed by atoms with Crippen molar-refractivity contribution in [3.63, 3.8) is 0 Å². The van der Waals surface area contributed by atoms with E-state index in [1.54, 1.807) is 11.3 Å². The number of carbonyl (C=O) groups is 1. The van der Waals surface area contributed by atoms with Gasteiger partial charge in [0.15, 0.2) is 0 Å². The number of piperidine rings is 1. The highest BCUT2D eigenvalue weighted by atomic mass is 32.1. The molecular weight excluding hydrogens is 346 g/mol. The molecule has 4 rings (SSSR count). The highest BCUT2D eigenvalue weighted by Gasteiger charge is 2.27. The fourth-order valence-corrected chi connectivity index (χ4v) is 4.52. The normalized spacial score (nSPS) is 16.3. The van der Waals surface area contributed by atoms with E-state index < -0.39 is 0 Å². The van der Waals surface area contributed by atoms with Gasteiger partial charge in [0.05, 0.1) is 10.7 Å². The number of aromatic nitrogens is 4. The zero-order chi connectivity index (χ0) is 18.3. The van der Waals surface area contributed by atoms with Crippen LogP contribution >= 0.6 is 11.3 Å². The summed E-state index contributed by atoms with van der Waals surface area (Å²) in [5.41, 5.74) is 3.43. The zero-order valence-electron chi connectivity index (χ0n) is 15.3. The van der Waals surface area contributed by atoms with E-state index in [1.807, 2.05) is 23.1 Å². The number of benzene rings is 1. The lowest BCUT2D eigenvalue weighted by Gasteiger charge is -2.31. The second-order valence-electron chi connectivity index (χ2n) is 7.91. The Labute approximate surface area is 156 Å². The molecule has 1 fully saturated rings. The van der Waals surface area contributed by atoms with Gasteiger partial charge in [-0.15, -0.1) is 11.3 Å². The molecule has 26 heavy (non-hydrogen) atoms. The standard InChI is InChI=1S/C19H23N5OS/c1-19(2,3)16-11-26-17(20-16)12-6-8-24(9-7-12)18(25)13-4-5-14-15(10-13)22-23-21-14/h4-5,10-12H,6-9H2,1-3H3,(H,21,22,23). The number of H-pyrrole nitrogens is 1. The minimum absolute atomic E-state index is 0.0721. The van der Waals surface area contributed by atoms with Crippen molar-refractivity contribution in [1.82, 2.24) is 25.3 Å². The van der Waals surface area contributed by atoms with Gasteiger partial charge in [-0.1, -0.05) is 20.8 Å². The third kappa shape index (κ3) is 3.23. The first kappa shape index (κ1) is 17.1. The van der Waals surface area contributed by atoms with Gasteiger partial charge in [-0.3, -0.25) is 4.79 Å². The Hall–Kier alpha value is -2.28. The first-order chi connectivity index (χ1) is 12.4. The van der Waals surface area contributed by atoms with Crippen LogP contribution in [0.5, 0.6) is 0 Å². The van der Waals surface area contributed by atoms with E-state index in [9.17, 15) is 4.79 Å². The highest BCUT2D eigenvalue weighted by Crippen LogP contribution is 2.33. The summed E-state index contributed by atoms with van der Waals surface area (Å²) in [6, 6.07) is 5.47. The van der Waals surface area contributed by atoms with Crippen molar-refractivity contribution < 1.29 is 4.79 Å². The lowest BCUT2D eigenvalue weighted by Crippen LogP contribution is -2.37. The molecule has 1 N–H and O–H groups in total. The molecule has 3 heterocycles. The third-order valence-corrected chi connectivity index (χ3v) is 5.99. The van der Waals surface area contributed by atoms with Crippen LogP contribution in [0.1, 0.15) is 60.6 Å². The molecule has 0 unspecified atom stereocenters. The number of likely N-dealkylation sites (tertiary alicyclic amines) is 1. The van der Waals surface area contributed by atoms with E-state index in [0.29, 0.717) is 11.5 Å². The molecule has 7 heteroatoms. The van der Waals surface area contributed by atoms with Gasteiger partial charge in [-0.05, 0) is 31.0 Å². The Morgan fingerprint density at radius 2 is 1.92 bits per heavy atom. The molecule has 1 aliphatic heterocycles. The number of nitrogens with zero attached hydrogens (tertiary/aromatic N) is 4. The predicted octanol–water partition coefficient (Wildman–Crippen LogP) is 3.73. The average Bonchev–Trinajstić information content (AvgIpc) is 3.29. The summed E-state index contributed by atoms with van der Waals surface area (Å²) < 4.78 is 0. The van der Waals surface area contributed by atoms with Crippen molar-refractivity contribution in [1.29, 1.82) is 0 Å². The Kier molecular flexibility index (Phi) is 4.26. The summed E-state index contributed by atoms with van der Waals surface area (Å²) in [6.45, 7) is 8.12. The fraction of sp³-hybridized carbons (Fsp3) is 0.474. The monoisotopic (exact) mass is 369 g/mol. The van der Waals surface area contributed by atoms with Crippen molar-refractivity contribution in [3.05, 3.63) is 39.8 Å². The molecule has 1 aromatic carbocycles. The van der Waals surface area contributed by atoms with Crippen LogP contribution in [-0.4, -0.2) is 44.3 Å². The van der Waals surface area contributed by atoms with E-state index in [2.05, 4.69) is 41.6 Å². The third-order valence-electron chi connectivity index (χ3n) is 4.99. The Balaban J connectivity index is 1.42. The molecule has 1 amide bonds. The molecule has 2 aromatic heterocycles. The van der Waals surface area contributed by atoms with Gasteiger partial charge in [-0.2, -0.15) is 15.4 Å². The van der Waals surface area contributed by atoms with E-state index in [0.717, 1.165) is 42.7 Å². The van der Waals surface area contributed by atoms with Crippen LogP contribution in [0.3, 0.4) is 0 Å². The number of fused-ring (bicyclic) bond motifs is 1. The molecule has 0 aliphatic carbocycles. The number of aromatic amines is 1. The van der Waals surface area contributed by atoms with Gasteiger partial charge in [-0.25, -0.2) is 4.98 Å². The molecule has 1 aliphatic rings. The summed E-state index contributed by atoms with van der Waals surface area (Å²) in [5.74, 6) is 0.529. The fourth-order valence-electron chi connectivity index (χ4n) is 3.31. The number of hydrogen-bond acceptors (Lipinski definition) is 5. The average molecular weight is 369 g/mol. The number of amides is 1. The van der Waals surface area contributed by atoms with Gasteiger partial charge in [0.2, 0.25) is 0 Å². The minimum Gasteiger partial charge on any atom is -0.339 e. The van der Waals surface area contributed by atoms with Crippen LogP contribution in [-0.2, 0) is 5.41 Å². The lowest BCUT2D eigenvalue weighted by molar-refractivity contribution is 0.0713. The molecule has 6 nitrogen and oxygen atoms in total. The summed E-state index contributed by atoms with van der Waals surface area (Å²) in [6.07, 6.45) is 1.93. The quantitative estimate of drug-likeness (QED) is 0.747. The molecule has 0 atom stereocenters. The van der Waals surface area contributed by atoms with E-state index in [-0.39, 0.29) is 11.3 Å². The van der Waals surface area contributed by atoms with E-state index >= 15 is 0 Å². The number of hydrogen-bond donors (Lipinski definition) is 1. The maximum Gasteiger partial charge on any atom is 0.253 e.